The molecule has 0 bridgehead atoms. The third kappa shape index (κ3) is 5.42. The van der Waals surface area contributed by atoms with Crippen LogP contribution in [0.1, 0.15) is 87.7 Å². The van der Waals surface area contributed by atoms with Crippen LogP contribution in [0.25, 0.3) is 0 Å². The zero-order chi connectivity index (χ0) is 25.3. The zero-order valence-corrected chi connectivity index (χ0v) is 22.8. The van der Waals surface area contributed by atoms with E-state index in [2.05, 4.69) is 22.5 Å². The van der Waals surface area contributed by atoms with Gasteiger partial charge in [-0.25, -0.2) is 0 Å². The first-order valence-electron chi connectivity index (χ1n) is 13.4. The van der Waals surface area contributed by atoms with Gasteiger partial charge in [-0.1, -0.05) is 43.7 Å². The summed E-state index contributed by atoms with van der Waals surface area (Å²) in [4.78, 5) is 33.0. The van der Waals surface area contributed by atoms with Crippen molar-refractivity contribution in [2.75, 3.05) is 10.2 Å². The van der Waals surface area contributed by atoms with Gasteiger partial charge in [0.15, 0.2) is 0 Å². The normalized spacial score (nSPS) is 20.9. The third-order valence-electron chi connectivity index (χ3n) is 8.62. The standard InChI is InChI=1S/C28H37ClN4O2S/c1-18-23(13-21(29)16-30-18)31-19(2)25-8-9-26(36-25)33(17-34)24(12-20-6-3-4-7-20)27(35)32-22-14-28(15-22)10-5-11-28/h8-9,13,16-17,19-20,22,24,31H,3-7,10-12,14-15H2,1-2H3,(H,32,35)/t19-,24-/m0/s1. The fourth-order valence-electron chi connectivity index (χ4n) is 6.33. The molecule has 194 valence electrons. The van der Waals surface area contributed by atoms with Crippen LogP contribution in [0.5, 0.6) is 0 Å². The molecule has 0 unspecified atom stereocenters. The highest BCUT2D eigenvalue weighted by Crippen LogP contribution is 2.55. The maximum absolute atomic E-state index is 13.5. The minimum atomic E-state index is -0.460. The first kappa shape index (κ1) is 25.5. The van der Waals surface area contributed by atoms with E-state index in [1.807, 2.05) is 25.1 Å². The number of hydrogen-bond acceptors (Lipinski definition) is 5. The molecule has 3 saturated carbocycles. The van der Waals surface area contributed by atoms with Crippen molar-refractivity contribution in [1.29, 1.82) is 0 Å². The van der Waals surface area contributed by atoms with E-state index in [0.29, 0.717) is 16.4 Å². The quantitative estimate of drug-likeness (QED) is 0.339. The van der Waals surface area contributed by atoms with Crippen LogP contribution in [0, 0.1) is 18.3 Å². The van der Waals surface area contributed by atoms with Gasteiger partial charge in [0.1, 0.15) is 6.04 Å². The molecule has 5 rings (SSSR count). The Morgan fingerprint density at radius 3 is 2.69 bits per heavy atom. The summed E-state index contributed by atoms with van der Waals surface area (Å²) in [6, 6.07) is 5.69. The van der Waals surface area contributed by atoms with Gasteiger partial charge in [0.05, 0.1) is 27.4 Å². The van der Waals surface area contributed by atoms with Crippen LogP contribution in [-0.4, -0.2) is 29.4 Å². The second-order valence-electron chi connectivity index (χ2n) is 11.2. The highest BCUT2D eigenvalue weighted by molar-refractivity contribution is 7.16. The fraction of sp³-hybridized carbons (Fsp3) is 0.607. The fourth-order valence-corrected chi connectivity index (χ4v) is 7.51. The molecule has 3 fully saturated rings. The SMILES string of the molecule is Cc1ncc(Cl)cc1N[C@@H](C)c1ccc(N(C=O)[C@@H](CC2CCCC2)C(=O)NC2CC3(CCC3)C2)s1. The number of rotatable bonds is 10. The van der Waals surface area contributed by atoms with Crippen LogP contribution >= 0.6 is 22.9 Å². The van der Waals surface area contributed by atoms with Gasteiger partial charge in [0.25, 0.3) is 0 Å². The average molecular weight is 529 g/mol. The molecule has 3 aliphatic carbocycles. The van der Waals surface area contributed by atoms with Crippen LogP contribution in [-0.2, 0) is 9.59 Å². The summed E-state index contributed by atoms with van der Waals surface area (Å²) in [7, 11) is 0. The van der Waals surface area contributed by atoms with Gasteiger partial charge < -0.3 is 10.6 Å². The van der Waals surface area contributed by atoms with Gasteiger partial charge in [-0.3, -0.25) is 19.5 Å². The lowest BCUT2D eigenvalue weighted by Gasteiger charge is -2.54. The van der Waals surface area contributed by atoms with Gasteiger partial charge >= 0.3 is 0 Å². The number of halogens is 1. The topological polar surface area (TPSA) is 74.3 Å². The maximum Gasteiger partial charge on any atom is 0.243 e. The summed E-state index contributed by atoms with van der Waals surface area (Å²) in [5.41, 5.74) is 2.28. The van der Waals surface area contributed by atoms with Crippen molar-refractivity contribution in [3.63, 3.8) is 0 Å². The van der Waals surface area contributed by atoms with Gasteiger partial charge in [0.2, 0.25) is 12.3 Å². The first-order chi connectivity index (χ1) is 17.4. The number of amides is 2. The van der Waals surface area contributed by atoms with E-state index in [0.717, 1.165) is 59.8 Å². The molecular formula is C28H37ClN4O2S. The minimum absolute atomic E-state index is 0.00645. The number of carbonyl (C=O) groups is 2. The Bertz CT molecular complexity index is 1090. The lowest BCUT2D eigenvalue weighted by Crippen LogP contribution is -2.57. The molecule has 8 heteroatoms. The molecule has 36 heavy (non-hydrogen) atoms. The molecule has 0 aliphatic heterocycles. The molecule has 2 amide bonds. The van der Waals surface area contributed by atoms with Crippen LogP contribution in [0.15, 0.2) is 24.4 Å². The monoisotopic (exact) mass is 528 g/mol. The molecule has 3 aliphatic rings. The van der Waals surface area contributed by atoms with Gasteiger partial charge in [-0.15, -0.1) is 11.3 Å². The molecule has 2 aromatic rings. The number of nitrogens with one attached hydrogen (secondary N) is 2. The highest BCUT2D eigenvalue weighted by atomic mass is 35.5. The molecule has 0 aromatic carbocycles. The van der Waals surface area contributed by atoms with Gasteiger partial charge in [-0.05, 0) is 75.5 Å². The predicted molar refractivity (Wildman–Crippen MR) is 147 cm³/mol. The summed E-state index contributed by atoms with van der Waals surface area (Å²) < 4.78 is 0. The average Bonchev–Trinajstić information content (AvgIpc) is 3.49. The van der Waals surface area contributed by atoms with Crippen LogP contribution in [0.3, 0.4) is 0 Å². The molecule has 0 radical (unpaired) electrons. The van der Waals surface area contributed by atoms with Crippen LogP contribution in [0.2, 0.25) is 5.02 Å². The number of thiophene rings is 1. The maximum atomic E-state index is 13.5. The first-order valence-corrected chi connectivity index (χ1v) is 14.6. The summed E-state index contributed by atoms with van der Waals surface area (Å²) in [6.45, 7) is 4.03. The van der Waals surface area contributed by atoms with Gasteiger partial charge in [0, 0.05) is 17.1 Å². The molecule has 2 N–H and O–H groups in total. The predicted octanol–water partition coefficient (Wildman–Crippen LogP) is 6.64. The van der Waals surface area contributed by atoms with Crippen molar-refractivity contribution in [3.8, 4) is 0 Å². The summed E-state index contributed by atoms with van der Waals surface area (Å²) in [6.07, 6.45) is 14.1. The Kier molecular flexibility index (Phi) is 7.59. The minimum Gasteiger partial charge on any atom is -0.376 e. The number of anilines is 2. The molecule has 6 nitrogen and oxygen atoms in total. The van der Waals surface area contributed by atoms with E-state index in [9.17, 15) is 9.59 Å². The molecule has 2 atom stereocenters. The van der Waals surface area contributed by atoms with Crippen molar-refractivity contribution >= 4 is 45.9 Å². The van der Waals surface area contributed by atoms with E-state index in [4.69, 9.17) is 11.6 Å². The number of hydrogen-bond donors (Lipinski definition) is 2. The molecule has 2 heterocycles. The Hall–Kier alpha value is -2.12. The molecule has 2 aromatic heterocycles. The lowest BCUT2D eigenvalue weighted by molar-refractivity contribution is -0.127. The highest BCUT2D eigenvalue weighted by Gasteiger charge is 2.49. The number of aromatic nitrogens is 1. The summed E-state index contributed by atoms with van der Waals surface area (Å²) in [5, 5.41) is 8.20. The van der Waals surface area contributed by atoms with Crippen molar-refractivity contribution in [3.05, 3.63) is 40.0 Å². The Labute approximate surface area is 223 Å². The number of pyridine rings is 1. The van der Waals surface area contributed by atoms with Crippen molar-refractivity contribution in [2.45, 2.75) is 96.2 Å². The second-order valence-corrected chi connectivity index (χ2v) is 12.7. The summed E-state index contributed by atoms with van der Waals surface area (Å²) >= 11 is 7.70. The molecule has 1 spiro atoms. The van der Waals surface area contributed by atoms with E-state index >= 15 is 0 Å². The number of nitrogens with zero attached hydrogens (tertiary/aromatic N) is 2. The molecule has 0 saturated heterocycles. The second kappa shape index (κ2) is 10.7. The van der Waals surface area contributed by atoms with Crippen molar-refractivity contribution in [2.24, 2.45) is 11.3 Å². The Morgan fingerprint density at radius 1 is 1.28 bits per heavy atom. The largest absolute Gasteiger partial charge is 0.376 e. The van der Waals surface area contributed by atoms with Crippen LogP contribution in [0.4, 0.5) is 10.7 Å². The van der Waals surface area contributed by atoms with E-state index in [1.165, 1.54) is 32.1 Å². The van der Waals surface area contributed by atoms with Crippen molar-refractivity contribution < 1.29 is 9.59 Å². The smallest absolute Gasteiger partial charge is 0.243 e. The molecular weight excluding hydrogens is 492 g/mol. The van der Waals surface area contributed by atoms with E-state index in [1.54, 1.807) is 22.4 Å². The lowest BCUT2D eigenvalue weighted by atomic mass is 9.54. The van der Waals surface area contributed by atoms with E-state index < -0.39 is 6.04 Å². The third-order valence-corrected chi connectivity index (χ3v) is 10.1. The van der Waals surface area contributed by atoms with E-state index in [-0.39, 0.29) is 18.0 Å². The zero-order valence-electron chi connectivity index (χ0n) is 21.3. The summed E-state index contributed by atoms with van der Waals surface area (Å²) in [5.74, 6) is 0.510. The van der Waals surface area contributed by atoms with Crippen molar-refractivity contribution in [1.82, 2.24) is 10.3 Å². The number of carbonyl (C=O) groups excluding carboxylic acids is 2. The Balaban J connectivity index is 1.29. The van der Waals surface area contributed by atoms with Crippen LogP contribution < -0.4 is 15.5 Å². The number of aryl methyl sites for hydroxylation is 1. The van der Waals surface area contributed by atoms with Gasteiger partial charge in [-0.2, -0.15) is 0 Å². The Morgan fingerprint density at radius 2 is 2.03 bits per heavy atom.